The maximum absolute atomic E-state index is 10.9. The van der Waals surface area contributed by atoms with Gasteiger partial charge in [-0.05, 0) is 43.0 Å². The number of pyridine rings is 1. The van der Waals surface area contributed by atoms with Gasteiger partial charge >= 0.3 is 0 Å². The Morgan fingerprint density at radius 3 is 2.88 bits per heavy atom. The standard InChI is InChI=1S/C18H22ClN3O2/c1-12(23)20-6-7-21-18-15(10-19)8-14-9-16(4-5-17(14)22-18)24-11-13-2-3-13/h4-5,8-9,13H,2-3,6-7,10-11H2,1H3,(H,20,23)(H,21,22). The molecule has 6 heteroatoms. The molecule has 1 aromatic carbocycles. The summed E-state index contributed by atoms with van der Waals surface area (Å²) in [5.41, 5.74) is 1.83. The molecule has 1 heterocycles. The summed E-state index contributed by atoms with van der Waals surface area (Å²) in [6.07, 6.45) is 2.55. The minimum atomic E-state index is -0.0421. The summed E-state index contributed by atoms with van der Waals surface area (Å²) in [4.78, 5) is 15.5. The summed E-state index contributed by atoms with van der Waals surface area (Å²) in [5, 5.41) is 7.00. The van der Waals surface area contributed by atoms with Gasteiger partial charge in [-0.15, -0.1) is 11.6 Å². The van der Waals surface area contributed by atoms with E-state index in [1.807, 2.05) is 24.3 Å². The van der Waals surface area contributed by atoms with E-state index in [0.717, 1.165) is 40.6 Å². The summed E-state index contributed by atoms with van der Waals surface area (Å²) in [5.74, 6) is 2.70. The number of benzene rings is 1. The zero-order chi connectivity index (χ0) is 16.9. The van der Waals surface area contributed by atoms with Crippen LogP contribution in [0.1, 0.15) is 25.3 Å². The minimum Gasteiger partial charge on any atom is -0.493 e. The Bertz CT molecular complexity index is 732. The number of nitrogens with zero attached hydrogens (tertiary/aromatic N) is 1. The smallest absolute Gasteiger partial charge is 0.216 e. The SMILES string of the molecule is CC(=O)NCCNc1nc2ccc(OCC3CC3)cc2cc1CCl. The maximum atomic E-state index is 10.9. The number of carbonyl (C=O) groups excluding carboxylic acids is 1. The Morgan fingerprint density at radius 1 is 1.33 bits per heavy atom. The molecule has 1 aliphatic carbocycles. The van der Waals surface area contributed by atoms with Gasteiger partial charge in [-0.1, -0.05) is 0 Å². The molecule has 0 atom stereocenters. The number of hydrogen-bond donors (Lipinski definition) is 2. The van der Waals surface area contributed by atoms with Gasteiger partial charge in [0.25, 0.3) is 0 Å². The van der Waals surface area contributed by atoms with Crippen molar-refractivity contribution in [2.75, 3.05) is 25.0 Å². The number of amides is 1. The Morgan fingerprint density at radius 2 is 2.17 bits per heavy atom. The van der Waals surface area contributed by atoms with Gasteiger partial charge in [-0.25, -0.2) is 4.98 Å². The predicted octanol–water partition coefficient (Wildman–Crippen LogP) is 3.31. The number of nitrogens with one attached hydrogen (secondary N) is 2. The van der Waals surface area contributed by atoms with E-state index in [-0.39, 0.29) is 5.91 Å². The molecule has 1 fully saturated rings. The first-order chi connectivity index (χ1) is 11.7. The molecule has 0 unspecified atom stereocenters. The van der Waals surface area contributed by atoms with Crippen molar-refractivity contribution in [1.29, 1.82) is 0 Å². The van der Waals surface area contributed by atoms with Crippen molar-refractivity contribution in [3.63, 3.8) is 0 Å². The molecule has 5 nitrogen and oxygen atoms in total. The van der Waals surface area contributed by atoms with Crippen LogP contribution < -0.4 is 15.4 Å². The molecule has 3 rings (SSSR count). The Balaban J connectivity index is 1.72. The molecule has 1 amide bonds. The zero-order valence-electron chi connectivity index (χ0n) is 13.8. The minimum absolute atomic E-state index is 0.0421. The molecular formula is C18H22ClN3O2. The molecule has 0 saturated heterocycles. The number of carbonyl (C=O) groups is 1. The highest BCUT2D eigenvalue weighted by Gasteiger charge is 2.21. The van der Waals surface area contributed by atoms with E-state index in [4.69, 9.17) is 16.3 Å². The van der Waals surface area contributed by atoms with Crippen molar-refractivity contribution in [2.45, 2.75) is 25.6 Å². The van der Waals surface area contributed by atoms with E-state index in [1.54, 1.807) is 0 Å². The van der Waals surface area contributed by atoms with Crippen LogP contribution in [0.15, 0.2) is 24.3 Å². The van der Waals surface area contributed by atoms with Crippen molar-refractivity contribution >= 4 is 34.2 Å². The lowest BCUT2D eigenvalue weighted by molar-refractivity contribution is -0.118. The molecule has 0 radical (unpaired) electrons. The Kier molecular flexibility index (Phi) is 5.41. The van der Waals surface area contributed by atoms with Gasteiger partial charge in [0.05, 0.1) is 18.0 Å². The lowest BCUT2D eigenvalue weighted by Gasteiger charge is -2.12. The van der Waals surface area contributed by atoms with Gasteiger partial charge in [0.1, 0.15) is 11.6 Å². The highest BCUT2D eigenvalue weighted by atomic mass is 35.5. The molecule has 0 spiro atoms. The molecule has 2 aromatic rings. The molecule has 128 valence electrons. The summed E-state index contributed by atoms with van der Waals surface area (Å²) >= 11 is 6.07. The second-order valence-electron chi connectivity index (χ2n) is 6.15. The van der Waals surface area contributed by atoms with Gasteiger partial charge in [-0.3, -0.25) is 4.79 Å². The summed E-state index contributed by atoms with van der Waals surface area (Å²) < 4.78 is 5.83. The van der Waals surface area contributed by atoms with Gasteiger partial charge < -0.3 is 15.4 Å². The van der Waals surface area contributed by atoms with Gasteiger partial charge in [0.2, 0.25) is 5.91 Å². The van der Waals surface area contributed by atoms with Gasteiger partial charge in [0, 0.05) is 31.0 Å². The van der Waals surface area contributed by atoms with Crippen LogP contribution in [0.3, 0.4) is 0 Å². The fourth-order valence-electron chi connectivity index (χ4n) is 2.46. The lowest BCUT2D eigenvalue weighted by Crippen LogP contribution is -2.26. The number of aromatic nitrogens is 1. The van der Waals surface area contributed by atoms with E-state index >= 15 is 0 Å². The highest BCUT2D eigenvalue weighted by Crippen LogP contribution is 2.30. The normalized spacial score (nSPS) is 13.8. The zero-order valence-corrected chi connectivity index (χ0v) is 14.5. The van der Waals surface area contributed by atoms with Crippen LogP contribution in [0.25, 0.3) is 10.9 Å². The first-order valence-electron chi connectivity index (χ1n) is 8.26. The third kappa shape index (κ3) is 4.51. The highest BCUT2D eigenvalue weighted by molar-refractivity contribution is 6.17. The van der Waals surface area contributed by atoms with E-state index in [9.17, 15) is 4.79 Å². The molecule has 1 aromatic heterocycles. The van der Waals surface area contributed by atoms with Crippen LogP contribution in [0.5, 0.6) is 5.75 Å². The Hall–Kier alpha value is -2.01. The topological polar surface area (TPSA) is 63.2 Å². The van der Waals surface area contributed by atoms with Crippen molar-refractivity contribution in [3.8, 4) is 5.75 Å². The van der Waals surface area contributed by atoms with Crippen LogP contribution in [0.4, 0.5) is 5.82 Å². The van der Waals surface area contributed by atoms with Gasteiger partial charge in [-0.2, -0.15) is 0 Å². The number of halogens is 1. The van der Waals surface area contributed by atoms with Crippen LogP contribution in [0.2, 0.25) is 0 Å². The van der Waals surface area contributed by atoms with E-state index in [0.29, 0.717) is 19.0 Å². The molecule has 1 saturated carbocycles. The monoisotopic (exact) mass is 347 g/mol. The lowest BCUT2D eigenvalue weighted by atomic mass is 10.1. The average molecular weight is 348 g/mol. The third-order valence-electron chi connectivity index (χ3n) is 3.98. The van der Waals surface area contributed by atoms with Gasteiger partial charge in [0.15, 0.2) is 0 Å². The predicted molar refractivity (Wildman–Crippen MR) is 96.7 cm³/mol. The molecule has 2 N–H and O–H groups in total. The van der Waals surface area contributed by atoms with Crippen molar-refractivity contribution in [3.05, 3.63) is 29.8 Å². The van der Waals surface area contributed by atoms with E-state index < -0.39 is 0 Å². The summed E-state index contributed by atoms with van der Waals surface area (Å²) in [6, 6.07) is 7.98. The first-order valence-corrected chi connectivity index (χ1v) is 8.80. The number of anilines is 1. The fourth-order valence-corrected chi connectivity index (χ4v) is 2.66. The molecular weight excluding hydrogens is 326 g/mol. The van der Waals surface area contributed by atoms with Crippen LogP contribution in [0, 0.1) is 5.92 Å². The second kappa shape index (κ2) is 7.71. The fraction of sp³-hybridized carbons (Fsp3) is 0.444. The molecule has 1 aliphatic rings. The number of ether oxygens (including phenoxy) is 1. The molecule has 0 bridgehead atoms. The van der Waals surface area contributed by atoms with Crippen molar-refractivity contribution in [2.24, 2.45) is 5.92 Å². The average Bonchev–Trinajstić information content (AvgIpc) is 3.40. The largest absolute Gasteiger partial charge is 0.493 e. The number of rotatable bonds is 8. The maximum Gasteiger partial charge on any atom is 0.216 e. The van der Waals surface area contributed by atoms with Crippen LogP contribution >= 0.6 is 11.6 Å². The molecule has 0 aliphatic heterocycles. The number of hydrogen-bond acceptors (Lipinski definition) is 4. The van der Waals surface area contributed by atoms with Crippen molar-refractivity contribution in [1.82, 2.24) is 10.3 Å². The van der Waals surface area contributed by atoms with E-state index in [2.05, 4.69) is 15.6 Å². The van der Waals surface area contributed by atoms with Crippen LogP contribution in [-0.4, -0.2) is 30.6 Å². The number of alkyl halides is 1. The summed E-state index contributed by atoms with van der Waals surface area (Å²) in [7, 11) is 0. The quantitative estimate of drug-likeness (QED) is 0.568. The Labute approximate surface area is 146 Å². The third-order valence-corrected chi connectivity index (χ3v) is 4.27. The van der Waals surface area contributed by atoms with Crippen molar-refractivity contribution < 1.29 is 9.53 Å². The van der Waals surface area contributed by atoms with Crippen LogP contribution in [-0.2, 0) is 10.7 Å². The first kappa shape index (κ1) is 16.8. The second-order valence-corrected chi connectivity index (χ2v) is 6.42. The molecule has 24 heavy (non-hydrogen) atoms. The number of fused-ring (bicyclic) bond motifs is 1. The van der Waals surface area contributed by atoms with E-state index in [1.165, 1.54) is 19.8 Å². The summed E-state index contributed by atoms with van der Waals surface area (Å²) in [6.45, 7) is 3.45.